The molecule has 1 atom stereocenters. The zero-order chi connectivity index (χ0) is 31.7. The van der Waals surface area contributed by atoms with Crippen LogP contribution in [0.3, 0.4) is 0 Å². The van der Waals surface area contributed by atoms with Crippen LogP contribution in [0, 0.1) is 6.92 Å². The van der Waals surface area contributed by atoms with Crippen LogP contribution >= 0.6 is 0 Å². The molecule has 0 heterocycles. The maximum atomic E-state index is 14.2. The topological polar surface area (TPSA) is 96.0 Å². The molecule has 4 aromatic rings. The fourth-order valence-electron chi connectivity index (χ4n) is 4.75. The van der Waals surface area contributed by atoms with Crippen LogP contribution in [-0.2, 0) is 26.2 Å². The number of hydrogen-bond acceptors (Lipinski definition) is 5. The Kier molecular flexibility index (Phi) is 10.8. The van der Waals surface area contributed by atoms with E-state index in [1.54, 1.807) is 36.4 Å². The van der Waals surface area contributed by atoms with Crippen LogP contribution in [0.2, 0.25) is 0 Å². The van der Waals surface area contributed by atoms with Gasteiger partial charge in [0.05, 0.1) is 10.6 Å². The molecule has 4 aromatic carbocycles. The Bertz CT molecular complexity index is 1630. The molecule has 0 bridgehead atoms. The molecule has 0 unspecified atom stereocenters. The maximum absolute atomic E-state index is 14.2. The van der Waals surface area contributed by atoms with Gasteiger partial charge in [-0.15, -0.1) is 0 Å². The summed E-state index contributed by atoms with van der Waals surface area (Å²) in [6.45, 7) is 7.06. The van der Waals surface area contributed by atoms with Gasteiger partial charge in [-0.05, 0) is 81.3 Å². The normalized spacial score (nSPS) is 11.9. The standard InChI is InChI=1S/C35H39N3O5S/c1-5-33(35(40)36-26(2)3)37(24-28-12-8-6-9-13-28)34(39)25-38(44(41,42)32-22-16-27(4)17-23-32)29-18-20-31(21-19-29)43-30-14-10-7-11-15-30/h6-23,26,33H,5,24-25H2,1-4H3,(H,36,40)/t33-/m1/s1. The summed E-state index contributed by atoms with van der Waals surface area (Å²) in [5, 5.41) is 2.91. The van der Waals surface area contributed by atoms with Crippen molar-refractivity contribution in [2.24, 2.45) is 0 Å². The summed E-state index contributed by atoms with van der Waals surface area (Å²) in [5.74, 6) is 0.365. The van der Waals surface area contributed by atoms with Crippen molar-refractivity contribution in [2.75, 3.05) is 10.8 Å². The summed E-state index contributed by atoms with van der Waals surface area (Å²) in [6, 6.07) is 30.7. The minimum atomic E-state index is -4.17. The second kappa shape index (κ2) is 14.7. The van der Waals surface area contributed by atoms with Gasteiger partial charge in [0.2, 0.25) is 11.8 Å². The highest BCUT2D eigenvalue weighted by Gasteiger charge is 2.33. The van der Waals surface area contributed by atoms with Crippen molar-refractivity contribution in [3.05, 3.63) is 120 Å². The van der Waals surface area contributed by atoms with Gasteiger partial charge in [0, 0.05) is 12.6 Å². The summed E-state index contributed by atoms with van der Waals surface area (Å²) in [7, 11) is -4.17. The number of nitrogens with zero attached hydrogens (tertiary/aromatic N) is 2. The zero-order valence-corrected chi connectivity index (χ0v) is 26.3. The number of nitrogens with one attached hydrogen (secondary N) is 1. The molecule has 9 heteroatoms. The molecule has 0 radical (unpaired) electrons. The van der Waals surface area contributed by atoms with Gasteiger partial charge in [-0.25, -0.2) is 8.42 Å². The Morgan fingerprint density at radius 2 is 1.36 bits per heavy atom. The predicted octanol–water partition coefficient (Wildman–Crippen LogP) is 6.31. The lowest BCUT2D eigenvalue weighted by Gasteiger charge is -2.33. The van der Waals surface area contributed by atoms with E-state index in [1.807, 2.05) is 88.4 Å². The number of hydrogen-bond donors (Lipinski definition) is 1. The smallest absolute Gasteiger partial charge is 0.264 e. The number of ether oxygens (including phenoxy) is 1. The van der Waals surface area contributed by atoms with Crippen molar-refractivity contribution in [3.63, 3.8) is 0 Å². The van der Waals surface area contributed by atoms with E-state index >= 15 is 0 Å². The van der Waals surface area contributed by atoms with Crippen molar-refractivity contribution in [2.45, 2.75) is 57.6 Å². The number of aryl methyl sites for hydroxylation is 1. The number of anilines is 1. The third kappa shape index (κ3) is 8.26. The number of sulfonamides is 1. The summed E-state index contributed by atoms with van der Waals surface area (Å²) in [6.07, 6.45) is 0.355. The van der Waals surface area contributed by atoms with Crippen molar-refractivity contribution in [3.8, 4) is 11.5 Å². The first-order chi connectivity index (χ1) is 21.1. The number of rotatable bonds is 13. The van der Waals surface area contributed by atoms with Crippen molar-refractivity contribution in [1.82, 2.24) is 10.2 Å². The number of benzene rings is 4. The van der Waals surface area contributed by atoms with Crippen LogP contribution in [0.4, 0.5) is 5.69 Å². The Morgan fingerprint density at radius 1 is 0.795 bits per heavy atom. The Morgan fingerprint density at radius 3 is 1.93 bits per heavy atom. The fraction of sp³-hybridized carbons (Fsp3) is 0.257. The Balaban J connectivity index is 1.72. The van der Waals surface area contributed by atoms with Crippen LogP contribution in [0.5, 0.6) is 11.5 Å². The molecule has 44 heavy (non-hydrogen) atoms. The van der Waals surface area contributed by atoms with Gasteiger partial charge in [0.15, 0.2) is 0 Å². The quantitative estimate of drug-likeness (QED) is 0.191. The molecule has 0 aliphatic rings. The average molecular weight is 614 g/mol. The maximum Gasteiger partial charge on any atom is 0.264 e. The van der Waals surface area contributed by atoms with Crippen LogP contribution in [0.25, 0.3) is 0 Å². The molecule has 0 aliphatic heterocycles. The van der Waals surface area contributed by atoms with Crippen LogP contribution < -0.4 is 14.4 Å². The van der Waals surface area contributed by atoms with Crippen LogP contribution in [0.15, 0.2) is 114 Å². The van der Waals surface area contributed by atoms with E-state index in [4.69, 9.17) is 4.74 Å². The second-order valence-corrected chi connectivity index (χ2v) is 12.7. The highest BCUT2D eigenvalue weighted by molar-refractivity contribution is 7.92. The van der Waals surface area contributed by atoms with Gasteiger partial charge in [0.25, 0.3) is 10.0 Å². The number of carbonyl (C=O) groups is 2. The monoisotopic (exact) mass is 613 g/mol. The van der Waals surface area contributed by atoms with E-state index < -0.39 is 28.5 Å². The van der Waals surface area contributed by atoms with Gasteiger partial charge < -0.3 is 15.0 Å². The number of para-hydroxylation sites is 1. The molecule has 4 rings (SSSR count). The molecule has 0 fully saturated rings. The molecular formula is C35H39N3O5S. The Labute approximate surface area is 260 Å². The minimum Gasteiger partial charge on any atom is -0.457 e. The molecular weight excluding hydrogens is 574 g/mol. The third-order valence-electron chi connectivity index (χ3n) is 7.00. The molecule has 0 saturated heterocycles. The zero-order valence-electron chi connectivity index (χ0n) is 25.5. The Hall–Kier alpha value is -4.63. The first kappa shape index (κ1) is 32.3. The molecule has 0 aromatic heterocycles. The van der Waals surface area contributed by atoms with Crippen molar-refractivity contribution in [1.29, 1.82) is 0 Å². The predicted molar refractivity (Wildman–Crippen MR) is 173 cm³/mol. The van der Waals surface area contributed by atoms with E-state index in [-0.39, 0.29) is 23.4 Å². The highest BCUT2D eigenvalue weighted by atomic mass is 32.2. The molecule has 230 valence electrons. The molecule has 0 saturated carbocycles. The average Bonchev–Trinajstić information content (AvgIpc) is 3.01. The lowest BCUT2D eigenvalue weighted by Crippen LogP contribution is -2.53. The van der Waals surface area contributed by atoms with Gasteiger partial charge in [-0.2, -0.15) is 0 Å². The number of amides is 2. The van der Waals surface area contributed by atoms with Gasteiger partial charge in [-0.3, -0.25) is 13.9 Å². The summed E-state index contributed by atoms with van der Waals surface area (Å²) < 4.78 is 35.2. The largest absolute Gasteiger partial charge is 0.457 e. The van der Waals surface area contributed by atoms with E-state index in [2.05, 4.69) is 5.32 Å². The number of carbonyl (C=O) groups excluding carboxylic acids is 2. The minimum absolute atomic E-state index is 0.0553. The third-order valence-corrected chi connectivity index (χ3v) is 8.79. The molecule has 2 amide bonds. The van der Waals surface area contributed by atoms with Crippen LogP contribution in [0.1, 0.15) is 38.3 Å². The van der Waals surface area contributed by atoms with E-state index in [1.165, 1.54) is 17.0 Å². The first-order valence-electron chi connectivity index (χ1n) is 14.6. The molecule has 1 N–H and O–H groups in total. The first-order valence-corrected chi connectivity index (χ1v) is 16.1. The highest BCUT2D eigenvalue weighted by Crippen LogP contribution is 2.29. The second-order valence-electron chi connectivity index (χ2n) is 10.8. The van der Waals surface area contributed by atoms with Gasteiger partial charge in [0.1, 0.15) is 24.1 Å². The van der Waals surface area contributed by atoms with Crippen LogP contribution in [-0.4, -0.2) is 43.8 Å². The summed E-state index contributed by atoms with van der Waals surface area (Å²) in [5.41, 5.74) is 2.02. The lowest BCUT2D eigenvalue weighted by molar-refractivity contribution is -0.140. The van der Waals surface area contributed by atoms with Gasteiger partial charge >= 0.3 is 0 Å². The van der Waals surface area contributed by atoms with Crippen molar-refractivity contribution < 1.29 is 22.7 Å². The van der Waals surface area contributed by atoms with Crippen molar-refractivity contribution >= 4 is 27.5 Å². The van der Waals surface area contributed by atoms with E-state index in [9.17, 15) is 18.0 Å². The van der Waals surface area contributed by atoms with Gasteiger partial charge in [-0.1, -0.05) is 73.2 Å². The fourth-order valence-corrected chi connectivity index (χ4v) is 6.17. The molecule has 0 spiro atoms. The van der Waals surface area contributed by atoms with E-state index in [0.29, 0.717) is 23.6 Å². The van der Waals surface area contributed by atoms with E-state index in [0.717, 1.165) is 15.4 Å². The summed E-state index contributed by atoms with van der Waals surface area (Å²) in [4.78, 5) is 29.0. The molecule has 8 nitrogen and oxygen atoms in total. The molecule has 0 aliphatic carbocycles. The summed E-state index contributed by atoms with van der Waals surface area (Å²) >= 11 is 0. The SMILES string of the molecule is CC[C@H](C(=O)NC(C)C)N(Cc1ccccc1)C(=O)CN(c1ccc(Oc2ccccc2)cc1)S(=O)(=O)c1ccc(C)cc1. The lowest BCUT2D eigenvalue weighted by atomic mass is 10.1.